The van der Waals surface area contributed by atoms with Gasteiger partial charge in [-0.05, 0) is 37.1 Å². The van der Waals surface area contributed by atoms with Crippen molar-refractivity contribution >= 4 is 21.7 Å². The van der Waals surface area contributed by atoms with Crippen LogP contribution in [-0.4, -0.2) is 45.3 Å². The molecule has 2 aromatic rings. The van der Waals surface area contributed by atoms with E-state index in [9.17, 15) is 13.2 Å². The van der Waals surface area contributed by atoms with E-state index in [4.69, 9.17) is 14.7 Å². The summed E-state index contributed by atoms with van der Waals surface area (Å²) in [6.07, 6.45) is 4.38. The summed E-state index contributed by atoms with van der Waals surface area (Å²) in [5.74, 6) is 0.331. The summed E-state index contributed by atoms with van der Waals surface area (Å²) in [5.41, 5.74) is 1.60. The van der Waals surface area contributed by atoms with E-state index in [0.717, 1.165) is 6.42 Å². The number of hydrogen-bond acceptors (Lipinski definition) is 7. The molecule has 0 spiro atoms. The van der Waals surface area contributed by atoms with Gasteiger partial charge in [0.05, 0.1) is 14.2 Å². The van der Waals surface area contributed by atoms with Gasteiger partial charge in [-0.25, -0.2) is 23.2 Å². The number of unbranched alkanes of at least 4 members (excludes halogenated alkanes) is 3. The first kappa shape index (κ1) is 23.4. The van der Waals surface area contributed by atoms with E-state index in [1.165, 1.54) is 30.8 Å². The number of pyridine rings is 1. The number of anilines is 1. The van der Waals surface area contributed by atoms with Gasteiger partial charge in [0.15, 0.2) is 11.5 Å². The molecule has 0 unspecified atom stereocenters. The highest BCUT2D eigenvalue weighted by molar-refractivity contribution is 7.93. The van der Waals surface area contributed by atoms with Gasteiger partial charge < -0.3 is 9.47 Å². The van der Waals surface area contributed by atoms with Crippen molar-refractivity contribution < 1.29 is 27.9 Å². The second-order valence-corrected chi connectivity index (χ2v) is 8.29. The van der Waals surface area contributed by atoms with Crippen molar-refractivity contribution in [3.8, 4) is 11.5 Å². The molecule has 2 rings (SSSR count). The number of methoxy groups -OCH3 is 2. The quantitative estimate of drug-likeness (QED) is 0.298. The number of carbonyl (C=O) groups is 1. The standard InChI is InChI=1S/C20H27N3O6S/c1-28-16-10-9-11-17(20(16)29-2)30(26,27)23(18-12-6-7-14-21-18)15-8-4-3-5-13-19(24)22-25/h6-7,9-12,14,25H,3-5,8,13,15H2,1-2H3,(H,22,24). The molecular weight excluding hydrogens is 410 g/mol. The van der Waals surface area contributed by atoms with E-state index in [1.807, 2.05) is 0 Å². The van der Waals surface area contributed by atoms with Crippen LogP contribution < -0.4 is 19.3 Å². The van der Waals surface area contributed by atoms with Crippen molar-refractivity contribution in [2.24, 2.45) is 0 Å². The summed E-state index contributed by atoms with van der Waals surface area (Å²) < 4.78 is 38.8. The fourth-order valence-electron chi connectivity index (χ4n) is 2.99. The Morgan fingerprint density at radius 3 is 2.47 bits per heavy atom. The van der Waals surface area contributed by atoms with Gasteiger partial charge in [0.25, 0.3) is 10.0 Å². The minimum atomic E-state index is -3.97. The van der Waals surface area contributed by atoms with Crippen LogP contribution in [0.1, 0.15) is 32.1 Å². The largest absolute Gasteiger partial charge is 0.493 e. The summed E-state index contributed by atoms with van der Waals surface area (Å²) in [6.45, 7) is 0.214. The number of para-hydroxylation sites is 1. The van der Waals surface area contributed by atoms with E-state index < -0.39 is 15.9 Å². The predicted octanol–water partition coefficient (Wildman–Crippen LogP) is 2.75. The third-order valence-electron chi connectivity index (χ3n) is 4.48. The molecule has 1 heterocycles. The summed E-state index contributed by atoms with van der Waals surface area (Å²) in [6, 6.07) is 9.77. The van der Waals surface area contributed by atoms with E-state index in [0.29, 0.717) is 30.8 Å². The van der Waals surface area contributed by atoms with Crippen molar-refractivity contribution in [1.29, 1.82) is 0 Å². The van der Waals surface area contributed by atoms with Crippen molar-refractivity contribution in [2.75, 3.05) is 25.1 Å². The molecule has 0 saturated carbocycles. The number of carbonyl (C=O) groups excluding carboxylic acids is 1. The smallest absolute Gasteiger partial charge is 0.269 e. The van der Waals surface area contributed by atoms with Gasteiger partial charge in [-0.2, -0.15) is 0 Å². The van der Waals surface area contributed by atoms with E-state index in [1.54, 1.807) is 35.8 Å². The van der Waals surface area contributed by atoms with E-state index >= 15 is 0 Å². The SMILES string of the molecule is COc1cccc(S(=O)(=O)N(CCCCCCC(=O)NO)c2ccccn2)c1OC. The summed E-state index contributed by atoms with van der Waals surface area (Å²) in [7, 11) is -1.13. The van der Waals surface area contributed by atoms with Crippen LogP contribution >= 0.6 is 0 Å². The molecule has 10 heteroatoms. The average Bonchev–Trinajstić information content (AvgIpc) is 2.77. The zero-order chi connectivity index (χ0) is 22.0. The molecule has 30 heavy (non-hydrogen) atoms. The minimum Gasteiger partial charge on any atom is -0.493 e. The first-order valence-corrected chi connectivity index (χ1v) is 11.0. The van der Waals surface area contributed by atoms with E-state index in [-0.39, 0.29) is 23.6 Å². The van der Waals surface area contributed by atoms with Gasteiger partial charge in [0.2, 0.25) is 5.91 Å². The third-order valence-corrected chi connectivity index (χ3v) is 6.31. The molecule has 0 aliphatic rings. The highest BCUT2D eigenvalue weighted by Gasteiger charge is 2.30. The molecule has 0 aliphatic carbocycles. The number of sulfonamides is 1. The Bertz CT molecular complexity index is 921. The van der Waals surface area contributed by atoms with Crippen LogP contribution in [0.15, 0.2) is 47.5 Å². The molecule has 0 bridgehead atoms. The van der Waals surface area contributed by atoms with Gasteiger partial charge in [-0.1, -0.05) is 25.0 Å². The maximum absolute atomic E-state index is 13.5. The van der Waals surface area contributed by atoms with Crippen molar-refractivity contribution in [3.63, 3.8) is 0 Å². The maximum atomic E-state index is 13.5. The van der Waals surface area contributed by atoms with Crippen LogP contribution in [0.5, 0.6) is 11.5 Å². The summed E-state index contributed by atoms with van der Waals surface area (Å²) in [5, 5.41) is 8.52. The van der Waals surface area contributed by atoms with Crippen molar-refractivity contribution in [1.82, 2.24) is 10.5 Å². The lowest BCUT2D eigenvalue weighted by atomic mass is 10.1. The Kier molecular flexibility index (Phi) is 8.88. The molecular formula is C20H27N3O6S. The lowest BCUT2D eigenvalue weighted by molar-refractivity contribution is -0.129. The lowest BCUT2D eigenvalue weighted by Gasteiger charge is -2.24. The number of rotatable bonds is 12. The van der Waals surface area contributed by atoms with Crippen molar-refractivity contribution in [3.05, 3.63) is 42.6 Å². The number of nitrogens with zero attached hydrogens (tertiary/aromatic N) is 2. The van der Waals surface area contributed by atoms with Crippen LogP contribution in [0, 0.1) is 0 Å². The van der Waals surface area contributed by atoms with Crippen LogP contribution in [-0.2, 0) is 14.8 Å². The molecule has 1 aromatic carbocycles. The van der Waals surface area contributed by atoms with Crippen LogP contribution in [0.2, 0.25) is 0 Å². The molecule has 0 saturated heterocycles. The fraction of sp³-hybridized carbons (Fsp3) is 0.400. The zero-order valence-corrected chi connectivity index (χ0v) is 17.9. The van der Waals surface area contributed by atoms with Crippen molar-refractivity contribution in [2.45, 2.75) is 37.0 Å². The fourth-order valence-corrected chi connectivity index (χ4v) is 4.62. The molecule has 2 N–H and O–H groups in total. The Balaban J connectivity index is 2.22. The second-order valence-electron chi connectivity index (χ2n) is 6.46. The topological polar surface area (TPSA) is 118 Å². The molecule has 164 valence electrons. The molecule has 0 fully saturated rings. The molecule has 1 amide bonds. The van der Waals surface area contributed by atoms with E-state index in [2.05, 4.69) is 4.98 Å². The van der Waals surface area contributed by atoms with Gasteiger partial charge in [0.1, 0.15) is 10.7 Å². The molecule has 0 atom stereocenters. The molecule has 9 nitrogen and oxygen atoms in total. The number of hydrogen-bond donors (Lipinski definition) is 2. The summed E-state index contributed by atoms with van der Waals surface area (Å²) >= 11 is 0. The summed E-state index contributed by atoms with van der Waals surface area (Å²) in [4.78, 5) is 15.3. The first-order chi connectivity index (χ1) is 14.5. The molecule has 0 aliphatic heterocycles. The van der Waals surface area contributed by atoms with Gasteiger partial charge in [-0.3, -0.25) is 10.0 Å². The minimum absolute atomic E-state index is 0.00498. The van der Waals surface area contributed by atoms with Crippen LogP contribution in [0.3, 0.4) is 0 Å². The maximum Gasteiger partial charge on any atom is 0.269 e. The third kappa shape index (κ3) is 5.83. The molecule has 0 radical (unpaired) electrons. The highest BCUT2D eigenvalue weighted by Crippen LogP contribution is 2.36. The van der Waals surface area contributed by atoms with Crippen LogP contribution in [0.25, 0.3) is 0 Å². The molecule has 1 aromatic heterocycles. The Hall–Kier alpha value is -2.85. The second kappa shape index (κ2) is 11.4. The Labute approximate surface area is 176 Å². The number of benzene rings is 1. The number of aromatic nitrogens is 1. The number of ether oxygens (including phenoxy) is 2. The van der Waals surface area contributed by atoms with Gasteiger partial charge in [0, 0.05) is 19.2 Å². The Morgan fingerprint density at radius 1 is 1.07 bits per heavy atom. The van der Waals surface area contributed by atoms with Gasteiger partial charge in [-0.15, -0.1) is 0 Å². The highest BCUT2D eigenvalue weighted by atomic mass is 32.2. The predicted molar refractivity (Wildman–Crippen MR) is 111 cm³/mol. The number of nitrogens with one attached hydrogen (secondary N) is 1. The van der Waals surface area contributed by atoms with Gasteiger partial charge >= 0.3 is 0 Å². The lowest BCUT2D eigenvalue weighted by Crippen LogP contribution is -2.33. The number of amides is 1. The first-order valence-electron chi connectivity index (χ1n) is 9.53. The normalized spacial score (nSPS) is 11.0. The van der Waals surface area contributed by atoms with Crippen LogP contribution in [0.4, 0.5) is 5.82 Å². The Morgan fingerprint density at radius 2 is 1.83 bits per heavy atom. The number of hydroxylamine groups is 1. The average molecular weight is 438 g/mol. The monoisotopic (exact) mass is 437 g/mol. The zero-order valence-electron chi connectivity index (χ0n) is 17.1.